The summed E-state index contributed by atoms with van der Waals surface area (Å²) in [6.45, 7) is 5.50. The molecule has 0 aliphatic rings. The molecule has 0 radical (unpaired) electrons. The first-order valence-corrected chi connectivity index (χ1v) is 44.3. The first-order chi connectivity index (χ1) is 26.5. The molecule has 0 N–H and O–H groups in total. The molecule has 1 nitrogen and oxygen atoms in total. The predicted octanol–water partition coefficient (Wildman–Crippen LogP) is 16.9. The molecule has 0 saturated heterocycles. The van der Waals surface area contributed by atoms with Gasteiger partial charge in [-0.3, -0.25) is 0 Å². The van der Waals surface area contributed by atoms with Crippen LogP contribution >= 0.6 is 22.7 Å². The topological polar surface area (TPSA) is 9.23 Å². The van der Waals surface area contributed by atoms with Crippen molar-refractivity contribution in [3.8, 4) is 16.9 Å². The first-order valence-electron chi connectivity index (χ1n) is 22.7. The number of rotatable bonds is 26. The van der Waals surface area contributed by atoms with Gasteiger partial charge in [0.25, 0.3) is 0 Å². The Bertz CT molecular complexity index is 1810. The molecular weight excluding hydrogens is 918 g/mol. The third-order valence-electron chi connectivity index (χ3n) is 11.8. The van der Waals surface area contributed by atoms with E-state index in [1.165, 1.54) is 176 Å². The Balaban J connectivity index is 1.43. The average Bonchev–Trinajstić information content (AvgIpc) is 3.81. The van der Waals surface area contributed by atoms with Crippen LogP contribution in [0.2, 0.25) is 29.6 Å². The van der Waals surface area contributed by atoms with Crippen LogP contribution in [0.25, 0.3) is 42.1 Å². The van der Waals surface area contributed by atoms with Crippen LogP contribution in [-0.4, -0.2) is 43.4 Å². The summed E-state index contributed by atoms with van der Waals surface area (Å²) in [7, 11) is 0. The summed E-state index contributed by atoms with van der Waals surface area (Å²) in [5.74, 6) is 1.85. The number of hydrogen-bond donors (Lipinski definition) is 0. The summed E-state index contributed by atoms with van der Waals surface area (Å²) in [5.41, 5.74) is 2.85. The Kier molecular flexibility index (Phi) is 18.6. The maximum absolute atomic E-state index is 7.35. The van der Waals surface area contributed by atoms with Crippen LogP contribution in [0.5, 0.6) is 5.75 Å². The molecule has 0 aliphatic heterocycles. The van der Waals surface area contributed by atoms with Gasteiger partial charge in [0, 0.05) is 0 Å². The number of hydrogen-bond acceptors (Lipinski definition) is 3. The average molecular weight is 995 g/mol. The van der Waals surface area contributed by atoms with Gasteiger partial charge >= 0.3 is 279 Å². The Morgan fingerprint density at radius 2 is 0.982 bits per heavy atom. The minimum absolute atomic E-state index is 0.637. The third-order valence-corrected chi connectivity index (χ3v) is 33.0. The van der Waals surface area contributed by atoms with Gasteiger partial charge in [0.2, 0.25) is 0 Å². The van der Waals surface area contributed by atoms with Gasteiger partial charge in [-0.25, -0.2) is 0 Å². The van der Waals surface area contributed by atoms with Crippen LogP contribution in [0.4, 0.5) is 0 Å². The zero-order chi connectivity index (χ0) is 39.3. The summed E-state index contributed by atoms with van der Waals surface area (Å²) < 4.78 is 13.5. The van der Waals surface area contributed by atoms with E-state index >= 15 is 0 Å². The van der Waals surface area contributed by atoms with E-state index in [0.717, 1.165) is 6.61 Å². The normalized spacial score (nSPS) is 13.1. The molecule has 0 saturated carbocycles. The molecule has 55 heavy (non-hydrogen) atoms. The van der Waals surface area contributed by atoms with Gasteiger partial charge in [-0.1, -0.05) is 78.1 Å². The molecule has 5 heteroatoms. The zero-order valence-corrected chi connectivity index (χ0v) is 43.7. The second kappa shape index (κ2) is 22.6. The van der Waals surface area contributed by atoms with Crippen molar-refractivity contribution in [3.05, 3.63) is 54.6 Å². The van der Waals surface area contributed by atoms with E-state index in [2.05, 4.69) is 121 Å². The molecule has 0 bridgehead atoms. The van der Waals surface area contributed by atoms with Crippen LogP contribution in [0.3, 0.4) is 0 Å². The summed E-state index contributed by atoms with van der Waals surface area (Å²) >= 11 is -0.599. The van der Waals surface area contributed by atoms with Crippen molar-refractivity contribution >= 4 is 96.2 Å². The standard InChI is InChI=1S/C44H58OS2.6CH3.2Sn/c1-3-5-7-9-11-13-14-16-18-20-25-35(24-19-17-15-12-10-8-6-4-2)34-45-42-40-31-33-46-43(40)41(39-30-32-47-44(39)42)38-29-23-27-36-26-21-22-28-37(36)38;;;;;;;;/h21-23,26-31,35H,3-20,24-25,34H2,1-2H3;6*1H3;;. The molecule has 1 atom stereocenters. The van der Waals surface area contributed by atoms with Crippen LogP contribution in [0, 0.1) is 5.92 Å². The summed E-state index contributed by atoms with van der Waals surface area (Å²) in [4.78, 5) is 15.5. The van der Waals surface area contributed by atoms with Gasteiger partial charge in [-0.05, 0) is 0 Å². The summed E-state index contributed by atoms with van der Waals surface area (Å²) in [6.07, 6.45) is 27.8. The molecule has 302 valence electrons. The maximum atomic E-state index is 7.35. The fraction of sp³-hybridized carbons (Fsp3) is 0.600. The van der Waals surface area contributed by atoms with E-state index in [0.29, 0.717) is 5.92 Å². The summed E-state index contributed by atoms with van der Waals surface area (Å²) in [5, 5.41) is 5.53. The molecule has 2 heterocycles. The monoisotopic (exact) mass is 996 g/mol. The van der Waals surface area contributed by atoms with Crippen molar-refractivity contribution in [1.29, 1.82) is 0 Å². The zero-order valence-electron chi connectivity index (χ0n) is 36.3. The van der Waals surface area contributed by atoms with Crippen molar-refractivity contribution in [2.24, 2.45) is 5.92 Å². The van der Waals surface area contributed by atoms with Gasteiger partial charge in [0.05, 0.1) is 0 Å². The molecule has 2 aromatic heterocycles. The number of benzene rings is 3. The molecule has 5 aromatic rings. The second-order valence-corrected chi connectivity index (χ2v) is 51.8. The fourth-order valence-electron chi connectivity index (χ4n) is 8.33. The summed E-state index contributed by atoms with van der Waals surface area (Å²) in [6, 6.07) is 21.2. The molecule has 0 fully saturated rings. The molecule has 0 aliphatic carbocycles. The van der Waals surface area contributed by atoms with Crippen LogP contribution < -0.4 is 10.5 Å². The second-order valence-electron chi connectivity index (χ2n) is 18.8. The molecule has 0 spiro atoms. The van der Waals surface area contributed by atoms with E-state index in [4.69, 9.17) is 4.74 Å². The van der Waals surface area contributed by atoms with E-state index in [9.17, 15) is 0 Å². The Morgan fingerprint density at radius 1 is 0.509 bits per heavy atom. The first kappa shape index (κ1) is 45.3. The number of fused-ring (bicyclic) bond motifs is 3. The van der Waals surface area contributed by atoms with Crippen LogP contribution in [0.1, 0.15) is 142 Å². The van der Waals surface area contributed by atoms with Gasteiger partial charge in [0.15, 0.2) is 0 Å². The quantitative estimate of drug-likeness (QED) is 0.0396. The van der Waals surface area contributed by atoms with Gasteiger partial charge in [0.1, 0.15) is 0 Å². The van der Waals surface area contributed by atoms with Crippen molar-refractivity contribution in [1.82, 2.24) is 0 Å². The van der Waals surface area contributed by atoms with Gasteiger partial charge in [-0.15, -0.1) is 0 Å². The number of thiophene rings is 2. The van der Waals surface area contributed by atoms with Gasteiger partial charge < -0.3 is 0 Å². The van der Waals surface area contributed by atoms with Crippen LogP contribution in [-0.2, 0) is 0 Å². The Hall–Kier alpha value is -0.763. The van der Waals surface area contributed by atoms with Crippen molar-refractivity contribution in [3.63, 3.8) is 0 Å². The number of unbranched alkanes of at least 4 members (excludes halogenated alkanes) is 16. The Labute approximate surface area is 353 Å². The van der Waals surface area contributed by atoms with E-state index < -0.39 is 36.8 Å². The van der Waals surface area contributed by atoms with E-state index in [1.54, 1.807) is 5.79 Å². The van der Waals surface area contributed by atoms with Gasteiger partial charge in [-0.2, -0.15) is 0 Å². The van der Waals surface area contributed by atoms with Crippen molar-refractivity contribution in [2.45, 2.75) is 172 Å². The third kappa shape index (κ3) is 13.1. The van der Waals surface area contributed by atoms with Crippen molar-refractivity contribution < 1.29 is 4.74 Å². The molecular formula is C50H76OS2Sn2. The molecule has 0 amide bonds. The number of ether oxygens (including phenoxy) is 1. The molecule has 1 unspecified atom stereocenters. The van der Waals surface area contributed by atoms with Crippen LogP contribution in [0.15, 0.2) is 54.6 Å². The van der Waals surface area contributed by atoms with E-state index in [1.807, 2.05) is 0 Å². The molecule has 3 aromatic carbocycles. The predicted molar refractivity (Wildman–Crippen MR) is 259 cm³/mol. The van der Waals surface area contributed by atoms with Crippen molar-refractivity contribution in [2.75, 3.05) is 6.61 Å². The SMILES string of the molecule is CCCCCCCCCCCCC(CCCCCCCCCC)COc1c2c[c]([Sn]([CH3])([CH3])[CH3])sc2c(-c2cccc3ccccc23)c2c[c]([Sn]([CH3])([CH3])[CH3])sc12. The Morgan fingerprint density at radius 3 is 1.53 bits per heavy atom. The van der Waals surface area contributed by atoms with E-state index in [-0.39, 0.29) is 0 Å². The molecule has 5 rings (SSSR count). The fourth-order valence-corrected chi connectivity index (χ4v) is 21.1. The minimum atomic E-state index is -2.39.